The topological polar surface area (TPSA) is 46.5 Å². The summed E-state index contributed by atoms with van der Waals surface area (Å²) in [7, 11) is 0. The van der Waals surface area contributed by atoms with Crippen LogP contribution in [-0.2, 0) is 0 Å². The first kappa shape index (κ1) is 14.6. The molecule has 3 heteroatoms. The monoisotopic (exact) mass is 280 g/mol. The summed E-state index contributed by atoms with van der Waals surface area (Å²) >= 11 is 0. The maximum atomic E-state index is 11.9. The van der Waals surface area contributed by atoms with Gasteiger partial charge in [0, 0.05) is 5.56 Å². The number of carbonyl (C=O) groups excluding carboxylic acids is 1. The zero-order valence-electron chi connectivity index (χ0n) is 11.5. The second-order valence-electron chi connectivity index (χ2n) is 4.41. The number of ketones is 1. The van der Waals surface area contributed by atoms with Gasteiger partial charge < -0.3 is 9.84 Å². The van der Waals surface area contributed by atoms with Gasteiger partial charge in [-0.05, 0) is 48.0 Å². The van der Waals surface area contributed by atoms with E-state index in [1.807, 2.05) is 24.3 Å². The summed E-state index contributed by atoms with van der Waals surface area (Å²) < 4.78 is 5.38. The first-order chi connectivity index (χ1) is 10.2. The number of hydrogen-bond donors (Lipinski definition) is 1. The van der Waals surface area contributed by atoms with Gasteiger partial charge >= 0.3 is 0 Å². The highest BCUT2D eigenvalue weighted by Crippen LogP contribution is 2.14. The molecule has 0 aromatic heterocycles. The van der Waals surface area contributed by atoms with Crippen molar-refractivity contribution in [3.05, 3.63) is 78.4 Å². The molecule has 0 fully saturated rings. The Bertz CT molecular complexity index is 637. The number of phenolic OH excluding ortho intramolecular Hbond substituents is 1. The van der Waals surface area contributed by atoms with E-state index >= 15 is 0 Å². The molecule has 106 valence electrons. The molecular weight excluding hydrogens is 264 g/mol. The second-order valence-corrected chi connectivity index (χ2v) is 4.41. The molecule has 3 nitrogen and oxygen atoms in total. The minimum atomic E-state index is -0.109. The van der Waals surface area contributed by atoms with Crippen LogP contribution in [0.25, 0.3) is 6.08 Å². The maximum absolute atomic E-state index is 11.9. The molecule has 0 spiro atoms. The Balaban J connectivity index is 2.01. The third-order valence-corrected chi connectivity index (χ3v) is 2.83. The average molecular weight is 280 g/mol. The molecule has 21 heavy (non-hydrogen) atoms. The highest BCUT2D eigenvalue weighted by Gasteiger charge is 2.01. The van der Waals surface area contributed by atoms with Gasteiger partial charge in [-0.15, -0.1) is 0 Å². The number of rotatable bonds is 6. The van der Waals surface area contributed by atoms with Crippen molar-refractivity contribution in [2.75, 3.05) is 6.61 Å². The summed E-state index contributed by atoms with van der Waals surface area (Å²) in [6, 6.07) is 13.6. The summed E-state index contributed by atoms with van der Waals surface area (Å²) in [5, 5.41) is 9.19. The lowest BCUT2D eigenvalue weighted by atomic mass is 10.1. The van der Waals surface area contributed by atoms with Crippen molar-refractivity contribution in [3.8, 4) is 11.5 Å². The van der Waals surface area contributed by atoms with E-state index in [-0.39, 0.29) is 11.5 Å². The van der Waals surface area contributed by atoms with Crippen LogP contribution in [-0.4, -0.2) is 17.5 Å². The van der Waals surface area contributed by atoms with E-state index < -0.39 is 0 Å². The molecule has 0 radical (unpaired) electrons. The van der Waals surface area contributed by atoms with Crippen molar-refractivity contribution in [2.24, 2.45) is 0 Å². The predicted molar refractivity (Wildman–Crippen MR) is 83.6 cm³/mol. The van der Waals surface area contributed by atoms with Crippen LogP contribution in [0.5, 0.6) is 11.5 Å². The van der Waals surface area contributed by atoms with Gasteiger partial charge in [-0.1, -0.05) is 30.9 Å². The van der Waals surface area contributed by atoms with E-state index in [0.717, 1.165) is 11.3 Å². The average Bonchev–Trinajstić information content (AvgIpc) is 2.52. The number of aromatic hydroxyl groups is 1. The highest BCUT2D eigenvalue weighted by atomic mass is 16.5. The molecule has 0 aliphatic carbocycles. The quantitative estimate of drug-likeness (QED) is 0.496. The van der Waals surface area contributed by atoms with Crippen LogP contribution >= 0.6 is 0 Å². The minimum Gasteiger partial charge on any atom is -0.508 e. The second kappa shape index (κ2) is 7.10. The van der Waals surface area contributed by atoms with Gasteiger partial charge in [0.05, 0.1) is 0 Å². The van der Waals surface area contributed by atoms with Crippen molar-refractivity contribution < 1.29 is 14.6 Å². The Morgan fingerprint density at radius 2 is 1.76 bits per heavy atom. The number of ether oxygens (including phenoxy) is 1. The zero-order chi connectivity index (χ0) is 15.1. The molecule has 0 heterocycles. The highest BCUT2D eigenvalue weighted by molar-refractivity contribution is 6.06. The summed E-state index contributed by atoms with van der Waals surface area (Å²) in [6.45, 7) is 4.05. The fourth-order valence-electron chi connectivity index (χ4n) is 1.72. The Labute approximate surface area is 123 Å². The van der Waals surface area contributed by atoms with Crippen molar-refractivity contribution >= 4 is 11.9 Å². The maximum Gasteiger partial charge on any atom is 0.185 e. The molecule has 0 aliphatic heterocycles. The van der Waals surface area contributed by atoms with Crippen LogP contribution in [0.2, 0.25) is 0 Å². The van der Waals surface area contributed by atoms with E-state index in [9.17, 15) is 9.90 Å². The molecule has 1 N–H and O–H groups in total. The van der Waals surface area contributed by atoms with Crippen LogP contribution in [0.3, 0.4) is 0 Å². The van der Waals surface area contributed by atoms with E-state index in [2.05, 4.69) is 6.58 Å². The lowest BCUT2D eigenvalue weighted by Gasteiger charge is -2.02. The molecule has 2 aromatic rings. The number of hydrogen-bond acceptors (Lipinski definition) is 3. The van der Waals surface area contributed by atoms with Gasteiger partial charge in [0.1, 0.15) is 18.1 Å². The molecule has 0 aliphatic rings. The zero-order valence-corrected chi connectivity index (χ0v) is 11.5. The van der Waals surface area contributed by atoms with E-state index in [4.69, 9.17) is 4.74 Å². The molecule has 0 unspecified atom stereocenters. The van der Waals surface area contributed by atoms with Gasteiger partial charge in [0.25, 0.3) is 0 Å². The van der Waals surface area contributed by atoms with E-state index in [0.29, 0.717) is 12.2 Å². The lowest BCUT2D eigenvalue weighted by Crippen LogP contribution is -1.93. The number of phenols is 1. The van der Waals surface area contributed by atoms with E-state index in [1.54, 1.807) is 24.3 Å². The number of allylic oxidation sites excluding steroid dienone is 1. The molecule has 0 atom stereocenters. The fourth-order valence-corrected chi connectivity index (χ4v) is 1.72. The van der Waals surface area contributed by atoms with Gasteiger partial charge in [-0.25, -0.2) is 0 Å². The molecule has 2 aromatic carbocycles. The SMILES string of the molecule is C=CCOc1ccc(C=CC(=O)c2ccc(O)cc2)cc1. The summed E-state index contributed by atoms with van der Waals surface area (Å²) in [6.07, 6.45) is 4.93. The first-order valence-electron chi connectivity index (χ1n) is 6.54. The fraction of sp³-hybridized carbons (Fsp3) is 0.0556. The van der Waals surface area contributed by atoms with Gasteiger partial charge in [0.2, 0.25) is 0 Å². The first-order valence-corrected chi connectivity index (χ1v) is 6.54. The summed E-state index contributed by atoms with van der Waals surface area (Å²) in [4.78, 5) is 11.9. The molecule has 0 saturated heterocycles. The molecule has 0 saturated carbocycles. The Hall–Kier alpha value is -2.81. The van der Waals surface area contributed by atoms with Crippen LogP contribution in [0.4, 0.5) is 0 Å². The Morgan fingerprint density at radius 3 is 2.38 bits per heavy atom. The van der Waals surface area contributed by atoms with Gasteiger partial charge in [0.15, 0.2) is 5.78 Å². The third-order valence-electron chi connectivity index (χ3n) is 2.83. The summed E-state index contributed by atoms with van der Waals surface area (Å²) in [5.74, 6) is 0.796. The summed E-state index contributed by atoms with van der Waals surface area (Å²) in [5.41, 5.74) is 1.45. The van der Waals surface area contributed by atoms with E-state index in [1.165, 1.54) is 18.2 Å². The van der Waals surface area contributed by atoms with Crippen LogP contribution < -0.4 is 4.74 Å². The predicted octanol–water partition coefficient (Wildman–Crippen LogP) is 3.85. The number of carbonyl (C=O) groups is 1. The number of benzene rings is 2. The molecular formula is C18H16O3. The van der Waals surface area contributed by atoms with Crippen LogP contribution in [0.15, 0.2) is 67.3 Å². The third kappa shape index (κ3) is 4.35. The Morgan fingerprint density at radius 1 is 1.10 bits per heavy atom. The standard InChI is InChI=1S/C18H16O3/c1-2-13-21-17-10-3-14(4-11-17)5-12-18(20)15-6-8-16(19)9-7-15/h2-12,19H,1,13H2. The van der Waals surface area contributed by atoms with Gasteiger partial charge in [-0.2, -0.15) is 0 Å². The van der Waals surface area contributed by atoms with Crippen molar-refractivity contribution in [1.29, 1.82) is 0 Å². The smallest absolute Gasteiger partial charge is 0.185 e. The van der Waals surface area contributed by atoms with Crippen LogP contribution in [0.1, 0.15) is 15.9 Å². The lowest BCUT2D eigenvalue weighted by molar-refractivity contribution is 0.104. The van der Waals surface area contributed by atoms with Crippen LogP contribution in [0, 0.1) is 0 Å². The minimum absolute atomic E-state index is 0.109. The molecule has 0 amide bonds. The normalized spacial score (nSPS) is 10.5. The Kier molecular flexibility index (Phi) is 4.94. The van der Waals surface area contributed by atoms with Crippen molar-refractivity contribution in [3.63, 3.8) is 0 Å². The van der Waals surface area contributed by atoms with Crippen molar-refractivity contribution in [1.82, 2.24) is 0 Å². The molecule has 2 rings (SSSR count). The largest absolute Gasteiger partial charge is 0.508 e. The molecule has 0 bridgehead atoms. The van der Waals surface area contributed by atoms with Crippen molar-refractivity contribution in [2.45, 2.75) is 0 Å². The van der Waals surface area contributed by atoms with Gasteiger partial charge in [-0.3, -0.25) is 4.79 Å².